The summed E-state index contributed by atoms with van der Waals surface area (Å²) in [5.74, 6) is -1.35. The molecule has 8 nitrogen and oxygen atoms in total. The summed E-state index contributed by atoms with van der Waals surface area (Å²) in [5.41, 5.74) is 1.76. The van der Waals surface area contributed by atoms with Gasteiger partial charge in [0.05, 0.1) is 0 Å². The molecule has 0 atom stereocenters. The molecule has 1 aliphatic heterocycles. The second kappa shape index (κ2) is 9.42. The van der Waals surface area contributed by atoms with Crippen LogP contribution in [0.15, 0.2) is 54.6 Å². The van der Waals surface area contributed by atoms with Gasteiger partial charge in [-0.1, -0.05) is 42.5 Å². The van der Waals surface area contributed by atoms with Crippen LogP contribution in [0.25, 0.3) is 11.1 Å². The summed E-state index contributed by atoms with van der Waals surface area (Å²) in [6, 6.07) is 16.7. The van der Waals surface area contributed by atoms with Crippen molar-refractivity contribution in [2.75, 3.05) is 18.5 Å². The zero-order chi connectivity index (χ0) is 22.4. The van der Waals surface area contributed by atoms with E-state index in [4.69, 9.17) is 4.74 Å². The lowest BCUT2D eigenvalue weighted by molar-refractivity contribution is -0.147. The third-order valence-corrected chi connectivity index (χ3v) is 4.85. The van der Waals surface area contributed by atoms with Gasteiger partial charge in [0.1, 0.15) is 5.54 Å². The van der Waals surface area contributed by atoms with Crippen molar-refractivity contribution >= 4 is 29.5 Å². The van der Waals surface area contributed by atoms with Gasteiger partial charge in [0.2, 0.25) is 0 Å². The molecule has 1 fully saturated rings. The molecular weight excluding hydrogens is 398 g/mol. The molecule has 1 heterocycles. The molecule has 2 N–H and O–H groups in total. The van der Waals surface area contributed by atoms with Gasteiger partial charge in [0.15, 0.2) is 6.61 Å². The Bertz CT molecular complexity index is 970. The second-order valence-electron chi connectivity index (χ2n) is 7.77. The SMILES string of the molecule is CC1(C)NC(=O)N(CCCC(=O)OCC(=O)Nc2ccc(-c3ccccc3)cc2)C1=O. The van der Waals surface area contributed by atoms with E-state index in [0.29, 0.717) is 5.69 Å². The van der Waals surface area contributed by atoms with E-state index in [2.05, 4.69) is 10.6 Å². The normalized spacial score (nSPS) is 14.8. The van der Waals surface area contributed by atoms with Gasteiger partial charge in [0, 0.05) is 18.7 Å². The van der Waals surface area contributed by atoms with Crippen molar-refractivity contribution in [3.63, 3.8) is 0 Å². The number of imide groups is 1. The number of esters is 1. The quantitative estimate of drug-likeness (QED) is 0.502. The number of nitrogens with zero attached hydrogens (tertiary/aromatic N) is 1. The monoisotopic (exact) mass is 423 g/mol. The Balaban J connectivity index is 1.38. The lowest BCUT2D eigenvalue weighted by Crippen LogP contribution is -2.40. The molecule has 4 amide bonds. The van der Waals surface area contributed by atoms with Crippen LogP contribution >= 0.6 is 0 Å². The van der Waals surface area contributed by atoms with Crippen molar-refractivity contribution in [3.05, 3.63) is 54.6 Å². The number of nitrogens with one attached hydrogen (secondary N) is 2. The average molecular weight is 423 g/mol. The van der Waals surface area contributed by atoms with Gasteiger partial charge >= 0.3 is 12.0 Å². The standard InChI is InChI=1S/C23H25N3O5/c1-23(2)21(29)26(22(30)25-23)14-6-9-20(28)31-15-19(27)24-18-12-10-17(11-13-18)16-7-4-3-5-8-16/h3-5,7-8,10-13H,6,9,14-15H2,1-2H3,(H,24,27)(H,25,30). The first kappa shape index (κ1) is 22.0. The summed E-state index contributed by atoms with van der Waals surface area (Å²) >= 11 is 0. The lowest BCUT2D eigenvalue weighted by atomic mass is 10.1. The number of rotatable bonds is 8. The van der Waals surface area contributed by atoms with Gasteiger partial charge in [0.25, 0.3) is 11.8 Å². The predicted octanol–water partition coefficient (Wildman–Crippen LogP) is 2.95. The minimum Gasteiger partial charge on any atom is -0.456 e. The van der Waals surface area contributed by atoms with E-state index in [0.717, 1.165) is 16.0 Å². The largest absolute Gasteiger partial charge is 0.456 e. The number of amides is 4. The summed E-state index contributed by atoms with van der Waals surface area (Å²) in [4.78, 5) is 48.8. The molecule has 2 aromatic carbocycles. The predicted molar refractivity (Wildman–Crippen MR) is 115 cm³/mol. The highest BCUT2D eigenvalue weighted by molar-refractivity contribution is 6.06. The molecule has 0 saturated carbocycles. The molecule has 0 bridgehead atoms. The summed E-state index contributed by atoms with van der Waals surface area (Å²) in [5, 5.41) is 5.25. The van der Waals surface area contributed by atoms with E-state index in [1.54, 1.807) is 26.0 Å². The summed E-state index contributed by atoms with van der Waals surface area (Å²) in [7, 11) is 0. The lowest BCUT2D eigenvalue weighted by Gasteiger charge is -2.15. The Kier molecular flexibility index (Phi) is 6.69. The minimum atomic E-state index is -0.936. The Morgan fingerprint density at radius 3 is 2.26 bits per heavy atom. The van der Waals surface area contributed by atoms with Crippen LogP contribution in [-0.2, 0) is 19.1 Å². The smallest absolute Gasteiger partial charge is 0.325 e. The van der Waals surface area contributed by atoms with Crippen molar-refractivity contribution < 1.29 is 23.9 Å². The molecule has 3 rings (SSSR count). The van der Waals surface area contributed by atoms with Crippen molar-refractivity contribution in [2.24, 2.45) is 0 Å². The zero-order valence-corrected chi connectivity index (χ0v) is 17.5. The number of hydrogen-bond donors (Lipinski definition) is 2. The highest BCUT2D eigenvalue weighted by Gasteiger charge is 2.43. The highest BCUT2D eigenvalue weighted by atomic mass is 16.5. The maximum Gasteiger partial charge on any atom is 0.325 e. The van der Waals surface area contributed by atoms with Crippen LogP contribution in [0.1, 0.15) is 26.7 Å². The molecule has 8 heteroatoms. The van der Waals surface area contributed by atoms with Crippen LogP contribution in [0, 0.1) is 0 Å². The number of carbonyl (C=O) groups excluding carboxylic acids is 4. The van der Waals surface area contributed by atoms with Crippen molar-refractivity contribution in [1.82, 2.24) is 10.2 Å². The zero-order valence-electron chi connectivity index (χ0n) is 17.5. The molecule has 0 spiro atoms. The molecule has 0 aromatic heterocycles. The minimum absolute atomic E-state index is 0.00343. The maximum absolute atomic E-state index is 12.1. The Hall–Kier alpha value is -3.68. The number of carbonyl (C=O) groups is 4. The molecular formula is C23H25N3O5. The molecule has 1 aliphatic rings. The van der Waals surface area contributed by atoms with E-state index in [1.165, 1.54) is 0 Å². The van der Waals surface area contributed by atoms with Gasteiger partial charge in [-0.15, -0.1) is 0 Å². The number of urea groups is 1. The first-order chi connectivity index (χ1) is 14.8. The van der Waals surface area contributed by atoms with E-state index in [-0.39, 0.29) is 25.3 Å². The average Bonchev–Trinajstić information content (AvgIpc) is 2.95. The van der Waals surface area contributed by atoms with Gasteiger partial charge in [-0.3, -0.25) is 19.3 Å². The van der Waals surface area contributed by atoms with Gasteiger partial charge < -0.3 is 15.4 Å². The van der Waals surface area contributed by atoms with Crippen LogP contribution < -0.4 is 10.6 Å². The fraction of sp³-hybridized carbons (Fsp3) is 0.304. The van der Waals surface area contributed by atoms with E-state index < -0.39 is 30.1 Å². The fourth-order valence-electron chi connectivity index (χ4n) is 3.19. The number of ether oxygens (including phenoxy) is 1. The van der Waals surface area contributed by atoms with Gasteiger partial charge in [-0.05, 0) is 43.5 Å². The molecule has 0 unspecified atom stereocenters. The first-order valence-electron chi connectivity index (χ1n) is 10.0. The van der Waals surface area contributed by atoms with Crippen molar-refractivity contribution in [2.45, 2.75) is 32.2 Å². The molecule has 1 saturated heterocycles. The van der Waals surface area contributed by atoms with E-state index in [1.807, 2.05) is 42.5 Å². The molecule has 2 aromatic rings. The number of benzene rings is 2. The second-order valence-corrected chi connectivity index (χ2v) is 7.77. The number of anilines is 1. The fourth-order valence-corrected chi connectivity index (χ4v) is 3.19. The third kappa shape index (κ3) is 5.69. The topological polar surface area (TPSA) is 105 Å². The van der Waals surface area contributed by atoms with Crippen LogP contribution in [0.5, 0.6) is 0 Å². The Labute approximate surface area is 180 Å². The molecule has 0 aliphatic carbocycles. The van der Waals surface area contributed by atoms with Crippen LogP contribution in [0.3, 0.4) is 0 Å². The van der Waals surface area contributed by atoms with Crippen LogP contribution in [0.4, 0.5) is 10.5 Å². The van der Waals surface area contributed by atoms with Crippen LogP contribution in [-0.4, -0.2) is 47.4 Å². The Morgan fingerprint density at radius 1 is 1.00 bits per heavy atom. The summed E-state index contributed by atoms with van der Waals surface area (Å²) < 4.78 is 4.97. The third-order valence-electron chi connectivity index (χ3n) is 4.85. The number of hydrogen-bond acceptors (Lipinski definition) is 5. The first-order valence-corrected chi connectivity index (χ1v) is 10.0. The van der Waals surface area contributed by atoms with Gasteiger partial charge in [-0.2, -0.15) is 0 Å². The summed E-state index contributed by atoms with van der Waals surface area (Å²) in [6.45, 7) is 2.95. The van der Waals surface area contributed by atoms with Crippen molar-refractivity contribution in [3.8, 4) is 11.1 Å². The van der Waals surface area contributed by atoms with Gasteiger partial charge in [-0.25, -0.2) is 4.79 Å². The van der Waals surface area contributed by atoms with E-state index >= 15 is 0 Å². The summed E-state index contributed by atoms with van der Waals surface area (Å²) in [6.07, 6.45) is 0.257. The van der Waals surface area contributed by atoms with Crippen molar-refractivity contribution in [1.29, 1.82) is 0 Å². The van der Waals surface area contributed by atoms with Crippen LogP contribution in [0.2, 0.25) is 0 Å². The molecule has 31 heavy (non-hydrogen) atoms. The Morgan fingerprint density at radius 2 is 1.65 bits per heavy atom. The highest BCUT2D eigenvalue weighted by Crippen LogP contribution is 2.21. The van der Waals surface area contributed by atoms with E-state index in [9.17, 15) is 19.2 Å². The molecule has 0 radical (unpaired) electrons. The maximum atomic E-state index is 12.1. The molecule has 162 valence electrons.